The van der Waals surface area contributed by atoms with Crippen LogP contribution >= 0.6 is 0 Å². The molecule has 3 rings (SSSR count). The Balaban J connectivity index is 2.10. The molecule has 0 bridgehead atoms. The second kappa shape index (κ2) is 7.34. The Labute approximate surface area is 166 Å². The summed E-state index contributed by atoms with van der Waals surface area (Å²) in [7, 11) is 0. The molecule has 152 valence electrons. The average Bonchev–Trinajstić information content (AvgIpc) is 2.87. The predicted molar refractivity (Wildman–Crippen MR) is 105 cm³/mol. The minimum atomic E-state index is -0.310. The fourth-order valence-electron chi connectivity index (χ4n) is 5.78. The largest absolute Gasteiger partial charge is 0.465 e. The molecule has 1 unspecified atom stereocenters. The van der Waals surface area contributed by atoms with Crippen molar-refractivity contribution in [3.8, 4) is 0 Å². The number of hydrogen-bond acceptors (Lipinski definition) is 5. The van der Waals surface area contributed by atoms with E-state index in [0.29, 0.717) is 12.2 Å². The molecule has 0 aromatic heterocycles. The summed E-state index contributed by atoms with van der Waals surface area (Å²) in [4.78, 5) is 35.0. The zero-order valence-corrected chi connectivity index (χ0v) is 17.5. The van der Waals surface area contributed by atoms with Crippen LogP contribution in [0, 0.1) is 11.3 Å². The van der Waals surface area contributed by atoms with Crippen LogP contribution < -0.4 is 0 Å². The number of ketones is 1. The van der Waals surface area contributed by atoms with Gasteiger partial charge in [-0.1, -0.05) is 32.4 Å². The van der Waals surface area contributed by atoms with Crippen molar-refractivity contribution in [1.29, 1.82) is 0 Å². The van der Waals surface area contributed by atoms with E-state index in [0.717, 1.165) is 24.8 Å². The topological polar surface area (TPSA) is 69.7 Å². The summed E-state index contributed by atoms with van der Waals surface area (Å²) in [5, 5.41) is 0. The molecule has 0 amide bonds. The maximum Gasteiger partial charge on any atom is 0.302 e. The quantitative estimate of drug-likeness (QED) is 0.561. The first-order valence-electron chi connectivity index (χ1n) is 10.0. The van der Waals surface area contributed by atoms with Gasteiger partial charge in [0, 0.05) is 30.7 Å². The summed E-state index contributed by atoms with van der Waals surface area (Å²) in [6.07, 6.45) is 3.01. The lowest BCUT2D eigenvalue weighted by Gasteiger charge is -2.50. The molecule has 0 spiro atoms. The maximum atomic E-state index is 12.0. The molecule has 2 aliphatic carbocycles. The lowest BCUT2D eigenvalue weighted by Crippen LogP contribution is -2.48. The summed E-state index contributed by atoms with van der Waals surface area (Å²) >= 11 is 0. The van der Waals surface area contributed by atoms with Crippen LogP contribution in [0.3, 0.4) is 0 Å². The molecule has 1 aromatic carbocycles. The Morgan fingerprint density at radius 1 is 1.04 bits per heavy atom. The minimum absolute atomic E-state index is 0.0240. The standard InChI is InChI=1S/C23H30O5/c1-14(24)17-7-8-20-18(11-17)19(12-27-15(2)25)21-22(4,13-28-16(3)26)9-6-10-23(20,21)5/h7-8,11,19,21H,6,9-10,12-13H2,1-5H3/t19-,21?,22-,23-/m0/s1. The van der Waals surface area contributed by atoms with Crippen molar-refractivity contribution in [2.75, 3.05) is 13.2 Å². The van der Waals surface area contributed by atoms with E-state index < -0.39 is 0 Å². The van der Waals surface area contributed by atoms with Crippen LogP contribution in [0.2, 0.25) is 0 Å². The van der Waals surface area contributed by atoms with E-state index in [1.54, 1.807) is 6.92 Å². The lowest BCUT2D eigenvalue weighted by atomic mass is 9.54. The molecule has 1 aromatic rings. The van der Waals surface area contributed by atoms with Crippen molar-refractivity contribution >= 4 is 17.7 Å². The third-order valence-corrected chi connectivity index (χ3v) is 6.83. The summed E-state index contributed by atoms with van der Waals surface area (Å²) in [5.74, 6) is -0.430. The number of carbonyl (C=O) groups excluding carboxylic acids is 3. The fraction of sp³-hybridized carbons (Fsp3) is 0.609. The van der Waals surface area contributed by atoms with Crippen molar-refractivity contribution in [1.82, 2.24) is 0 Å². The molecule has 5 heteroatoms. The van der Waals surface area contributed by atoms with E-state index in [-0.39, 0.29) is 47.0 Å². The van der Waals surface area contributed by atoms with Crippen molar-refractivity contribution in [3.05, 3.63) is 34.9 Å². The maximum absolute atomic E-state index is 12.0. The molecular weight excluding hydrogens is 356 g/mol. The molecule has 1 fully saturated rings. The minimum Gasteiger partial charge on any atom is -0.465 e. The molecule has 28 heavy (non-hydrogen) atoms. The Kier molecular flexibility index (Phi) is 5.39. The highest BCUT2D eigenvalue weighted by atomic mass is 16.5. The zero-order valence-electron chi connectivity index (χ0n) is 17.5. The van der Waals surface area contributed by atoms with Gasteiger partial charge >= 0.3 is 11.9 Å². The number of hydrogen-bond donors (Lipinski definition) is 0. The van der Waals surface area contributed by atoms with Gasteiger partial charge in [0.1, 0.15) is 0 Å². The lowest BCUT2D eigenvalue weighted by molar-refractivity contribution is -0.149. The van der Waals surface area contributed by atoms with Crippen molar-refractivity contribution < 1.29 is 23.9 Å². The van der Waals surface area contributed by atoms with Crippen LogP contribution in [0.5, 0.6) is 0 Å². The molecule has 1 saturated carbocycles. The van der Waals surface area contributed by atoms with Gasteiger partial charge in [-0.25, -0.2) is 0 Å². The van der Waals surface area contributed by atoms with Crippen LogP contribution in [0.15, 0.2) is 18.2 Å². The molecule has 0 saturated heterocycles. The van der Waals surface area contributed by atoms with Crippen molar-refractivity contribution in [3.63, 3.8) is 0 Å². The van der Waals surface area contributed by atoms with Crippen molar-refractivity contribution in [2.24, 2.45) is 11.3 Å². The SMILES string of the molecule is CC(=O)OC[C@H]1c2cc(C(C)=O)ccc2[C@]2(C)CCC[C@@](C)(COC(C)=O)C12. The first-order valence-corrected chi connectivity index (χ1v) is 10.0. The van der Waals surface area contributed by atoms with Crippen LogP contribution in [0.1, 0.15) is 81.3 Å². The Morgan fingerprint density at radius 3 is 2.32 bits per heavy atom. The first-order chi connectivity index (χ1) is 13.1. The monoisotopic (exact) mass is 386 g/mol. The van der Waals surface area contributed by atoms with Gasteiger partial charge in [0.25, 0.3) is 0 Å². The van der Waals surface area contributed by atoms with Crippen LogP contribution in [-0.4, -0.2) is 30.9 Å². The number of benzene rings is 1. The molecule has 4 atom stereocenters. The second-order valence-corrected chi connectivity index (χ2v) is 8.95. The molecule has 0 radical (unpaired) electrons. The van der Waals surface area contributed by atoms with Crippen LogP contribution in [0.4, 0.5) is 0 Å². The number of esters is 2. The van der Waals surface area contributed by atoms with Gasteiger partial charge in [-0.05, 0) is 48.3 Å². The molecule has 2 aliphatic rings. The molecule has 0 N–H and O–H groups in total. The third kappa shape index (κ3) is 3.47. The second-order valence-electron chi connectivity index (χ2n) is 8.95. The highest BCUT2D eigenvalue weighted by molar-refractivity contribution is 5.94. The number of Topliss-reactive ketones (excluding diaryl/α,β-unsaturated/α-hetero) is 1. The summed E-state index contributed by atoms with van der Waals surface area (Å²) in [6, 6.07) is 5.95. The number of carbonyl (C=O) groups is 3. The Hall–Kier alpha value is -2.17. The molecule has 0 aliphatic heterocycles. The van der Waals surface area contributed by atoms with Gasteiger partial charge in [0.15, 0.2) is 5.78 Å². The highest BCUT2D eigenvalue weighted by Crippen LogP contribution is 2.63. The predicted octanol–water partition coefficient (Wildman–Crippen LogP) is 4.18. The highest BCUT2D eigenvalue weighted by Gasteiger charge is 2.58. The number of rotatable bonds is 5. The van der Waals surface area contributed by atoms with Gasteiger partial charge in [0.2, 0.25) is 0 Å². The zero-order chi connectivity index (χ0) is 20.7. The smallest absolute Gasteiger partial charge is 0.302 e. The van der Waals surface area contributed by atoms with Gasteiger partial charge in [-0.3, -0.25) is 14.4 Å². The Bertz CT molecular complexity index is 813. The van der Waals surface area contributed by atoms with Crippen LogP contribution in [0.25, 0.3) is 0 Å². The molecular formula is C23H30O5. The fourth-order valence-corrected chi connectivity index (χ4v) is 5.78. The summed E-state index contributed by atoms with van der Waals surface area (Å²) in [6.45, 7) is 9.49. The van der Waals surface area contributed by atoms with E-state index in [1.165, 1.54) is 19.4 Å². The average molecular weight is 386 g/mol. The van der Waals surface area contributed by atoms with E-state index in [1.807, 2.05) is 12.1 Å². The Morgan fingerprint density at radius 2 is 1.71 bits per heavy atom. The molecule has 0 heterocycles. The normalized spacial score (nSPS) is 30.9. The van der Waals surface area contributed by atoms with E-state index in [9.17, 15) is 14.4 Å². The third-order valence-electron chi connectivity index (χ3n) is 6.83. The number of ether oxygens (including phenoxy) is 2. The molecule has 5 nitrogen and oxygen atoms in total. The van der Waals surface area contributed by atoms with Crippen molar-refractivity contribution in [2.45, 2.75) is 65.2 Å². The van der Waals surface area contributed by atoms with Gasteiger partial charge in [-0.15, -0.1) is 0 Å². The van der Waals surface area contributed by atoms with E-state index in [4.69, 9.17) is 9.47 Å². The number of fused-ring (bicyclic) bond motifs is 3. The van der Waals surface area contributed by atoms with Crippen LogP contribution in [-0.2, 0) is 24.5 Å². The summed E-state index contributed by atoms with van der Waals surface area (Å²) in [5.41, 5.74) is 2.67. The van der Waals surface area contributed by atoms with Gasteiger partial charge < -0.3 is 9.47 Å². The van der Waals surface area contributed by atoms with Gasteiger partial charge in [-0.2, -0.15) is 0 Å². The van der Waals surface area contributed by atoms with E-state index in [2.05, 4.69) is 19.9 Å². The first kappa shape index (κ1) is 20.6. The van der Waals surface area contributed by atoms with Gasteiger partial charge in [0.05, 0.1) is 13.2 Å². The van der Waals surface area contributed by atoms with E-state index >= 15 is 0 Å². The summed E-state index contributed by atoms with van der Waals surface area (Å²) < 4.78 is 10.9.